The molecule has 0 aliphatic carbocycles. The summed E-state index contributed by atoms with van der Waals surface area (Å²) in [5.41, 5.74) is 0. The van der Waals surface area contributed by atoms with Crippen molar-refractivity contribution in [1.29, 1.82) is 0 Å². The van der Waals surface area contributed by atoms with Crippen LogP contribution in [0.2, 0.25) is 0 Å². The predicted octanol–water partition coefficient (Wildman–Crippen LogP) is 1.86. The molecule has 0 bridgehead atoms. The molecule has 0 aromatic carbocycles. The minimum absolute atomic E-state index is 0.182. The Morgan fingerprint density at radius 1 is 1.20 bits per heavy atom. The fourth-order valence-corrected chi connectivity index (χ4v) is 3.74. The maximum Gasteiger partial charge on any atom is 0.347 e. The lowest BCUT2D eigenvalue weighted by molar-refractivity contribution is 0.0422. The quantitative estimate of drug-likeness (QED) is 0.506. The van der Waals surface area contributed by atoms with E-state index in [0.29, 0.717) is 36.6 Å². The van der Waals surface area contributed by atoms with Gasteiger partial charge in [-0.2, -0.15) is 0 Å². The van der Waals surface area contributed by atoms with E-state index in [0.717, 1.165) is 56.5 Å². The van der Waals surface area contributed by atoms with Crippen LogP contribution in [-0.4, -0.2) is 90.1 Å². The molecular weight excluding hydrogens is 408 g/mol. The zero-order chi connectivity index (χ0) is 21.3. The van der Waals surface area contributed by atoms with E-state index in [-0.39, 0.29) is 4.88 Å². The number of aromatic nitrogens is 3. The highest BCUT2D eigenvalue weighted by Gasteiger charge is 2.19. The van der Waals surface area contributed by atoms with Crippen molar-refractivity contribution in [3.05, 3.63) is 23.0 Å². The molecule has 30 heavy (non-hydrogen) atoms. The lowest BCUT2D eigenvalue weighted by Crippen LogP contribution is -2.47. The third kappa shape index (κ3) is 6.59. The summed E-state index contributed by atoms with van der Waals surface area (Å²) in [6.45, 7) is 11.1. The number of nitrogens with one attached hydrogen (secondary N) is 1. The average Bonchev–Trinajstić information content (AvgIpc) is 3.19. The summed E-state index contributed by atoms with van der Waals surface area (Å²) < 4.78 is 10.9. The van der Waals surface area contributed by atoms with Crippen LogP contribution in [0.15, 0.2) is 12.3 Å². The molecule has 0 radical (unpaired) electrons. The van der Waals surface area contributed by atoms with E-state index in [2.05, 4.69) is 30.1 Å². The van der Waals surface area contributed by atoms with Gasteiger partial charge >= 0.3 is 5.97 Å². The molecule has 1 saturated heterocycles. The van der Waals surface area contributed by atoms with Crippen LogP contribution in [0.25, 0.3) is 0 Å². The molecule has 0 atom stereocenters. The summed E-state index contributed by atoms with van der Waals surface area (Å²) in [5, 5.41) is 12.6. The van der Waals surface area contributed by atoms with E-state index in [1.807, 2.05) is 19.9 Å². The molecule has 3 rings (SSSR count). The first-order valence-corrected chi connectivity index (χ1v) is 10.8. The Kier molecular flexibility index (Phi) is 8.31. The number of nitrogens with zero attached hydrogens (tertiary/aromatic N) is 5. The molecule has 164 valence electrons. The normalized spacial score (nSPS) is 14.8. The van der Waals surface area contributed by atoms with Crippen molar-refractivity contribution >= 4 is 34.1 Å². The number of ether oxygens (including phenoxy) is 2. The van der Waals surface area contributed by atoms with Gasteiger partial charge in [-0.05, 0) is 13.8 Å². The Morgan fingerprint density at radius 2 is 1.97 bits per heavy atom. The number of hydrogen-bond donors (Lipinski definition) is 2. The van der Waals surface area contributed by atoms with Gasteiger partial charge in [-0.15, -0.1) is 0 Å². The van der Waals surface area contributed by atoms with E-state index in [1.54, 1.807) is 0 Å². The van der Waals surface area contributed by atoms with Crippen LogP contribution in [0.1, 0.15) is 22.4 Å². The molecule has 1 aliphatic heterocycles. The second kappa shape index (κ2) is 11.2. The van der Waals surface area contributed by atoms with Gasteiger partial charge in [-0.25, -0.2) is 19.7 Å². The number of rotatable bonds is 11. The second-order valence-electron chi connectivity index (χ2n) is 6.76. The van der Waals surface area contributed by atoms with Gasteiger partial charge in [-0.3, -0.25) is 4.90 Å². The van der Waals surface area contributed by atoms with Crippen molar-refractivity contribution in [1.82, 2.24) is 19.9 Å². The number of anilines is 3. The van der Waals surface area contributed by atoms with Gasteiger partial charge in [0.1, 0.15) is 22.3 Å². The van der Waals surface area contributed by atoms with E-state index in [4.69, 9.17) is 14.6 Å². The Hall–Kier alpha value is -2.34. The summed E-state index contributed by atoms with van der Waals surface area (Å²) in [6.07, 6.45) is 1.34. The first kappa shape index (κ1) is 22.3. The Morgan fingerprint density at radius 3 is 2.67 bits per heavy atom. The minimum atomic E-state index is -0.988. The summed E-state index contributed by atoms with van der Waals surface area (Å²) in [5.74, 6) is 1.12. The second-order valence-corrected chi connectivity index (χ2v) is 7.79. The summed E-state index contributed by atoms with van der Waals surface area (Å²) >= 11 is 1.07. The van der Waals surface area contributed by atoms with Crippen molar-refractivity contribution < 1.29 is 19.4 Å². The fraction of sp³-hybridized carbons (Fsp3) is 0.579. The average molecular weight is 437 g/mol. The molecule has 2 aromatic rings. The molecule has 0 saturated carbocycles. The molecular formula is C19H28N6O4S. The molecule has 2 aromatic heterocycles. The van der Waals surface area contributed by atoms with Gasteiger partial charge in [0.15, 0.2) is 5.13 Å². The molecule has 0 unspecified atom stereocenters. The predicted molar refractivity (Wildman–Crippen MR) is 115 cm³/mol. The molecule has 1 aliphatic rings. The minimum Gasteiger partial charge on any atom is -0.477 e. The van der Waals surface area contributed by atoms with Crippen LogP contribution < -0.4 is 10.2 Å². The van der Waals surface area contributed by atoms with E-state index >= 15 is 0 Å². The van der Waals surface area contributed by atoms with Crippen LogP contribution in [0, 0.1) is 6.92 Å². The topological polar surface area (TPSA) is 113 Å². The van der Waals surface area contributed by atoms with E-state index in [1.165, 1.54) is 6.20 Å². The van der Waals surface area contributed by atoms with Crippen molar-refractivity contribution in [3.8, 4) is 0 Å². The number of carboxylic acids is 1. The summed E-state index contributed by atoms with van der Waals surface area (Å²) in [7, 11) is 0. The lowest BCUT2D eigenvalue weighted by Gasteiger charge is -2.35. The third-order valence-corrected chi connectivity index (χ3v) is 5.50. The van der Waals surface area contributed by atoms with Crippen LogP contribution in [0.3, 0.4) is 0 Å². The van der Waals surface area contributed by atoms with Crippen LogP contribution >= 0.6 is 11.3 Å². The molecule has 2 N–H and O–H groups in total. The Bertz CT molecular complexity index is 825. The monoisotopic (exact) mass is 436 g/mol. The first-order chi connectivity index (χ1) is 14.5. The van der Waals surface area contributed by atoms with Gasteiger partial charge in [0.2, 0.25) is 0 Å². The summed E-state index contributed by atoms with van der Waals surface area (Å²) in [4.78, 5) is 28.9. The Labute approximate surface area is 179 Å². The largest absolute Gasteiger partial charge is 0.477 e. The zero-order valence-electron chi connectivity index (χ0n) is 17.3. The number of carboxylic acid groups (broad SMARTS) is 1. The smallest absolute Gasteiger partial charge is 0.347 e. The number of thiazole rings is 1. The molecule has 10 nitrogen and oxygen atoms in total. The van der Waals surface area contributed by atoms with Gasteiger partial charge in [0.05, 0.1) is 26.0 Å². The molecule has 0 spiro atoms. The van der Waals surface area contributed by atoms with Gasteiger partial charge in [-0.1, -0.05) is 11.3 Å². The van der Waals surface area contributed by atoms with Crippen molar-refractivity contribution in [2.45, 2.75) is 13.8 Å². The Balaban J connectivity index is 1.50. The van der Waals surface area contributed by atoms with E-state index in [9.17, 15) is 4.79 Å². The van der Waals surface area contributed by atoms with Crippen molar-refractivity contribution in [3.63, 3.8) is 0 Å². The highest BCUT2D eigenvalue weighted by molar-refractivity contribution is 7.17. The molecule has 1 fully saturated rings. The number of piperazine rings is 1. The number of aromatic carboxylic acids is 1. The van der Waals surface area contributed by atoms with Crippen LogP contribution in [0.5, 0.6) is 0 Å². The standard InChI is InChI=1S/C19H28N6O4S/c1-3-28-10-11-29-9-8-24-4-6-25(7-5-24)17-12-16(21-14(2)22-17)23-19-20-13-15(30-19)18(26)27/h12-13H,3-11H2,1-2H3,(H,26,27)(H,20,21,22,23). The zero-order valence-corrected chi connectivity index (χ0v) is 18.2. The van der Waals surface area contributed by atoms with Gasteiger partial charge in [0.25, 0.3) is 0 Å². The lowest BCUT2D eigenvalue weighted by atomic mass is 10.3. The first-order valence-electron chi connectivity index (χ1n) is 9.99. The van der Waals surface area contributed by atoms with Crippen LogP contribution in [-0.2, 0) is 9.47 Å². The van der Waals surface area contributed by atoms with E-state index < -0.39 is 5.97 Å². The van der Waals surface area contributed by atoms with Crippen LogP contribution in [0.4, 0.5) is 16.8 Å². The molecule has 3 heterocycles. The molecule has 11 heteroatoms. The highest BCUT2D eigenvalue weighted by Crippen LogP contribution is 2.24. The van der Waals surface area contributed by atoms with Crippen molar-refractivity contribution in [2.75, 3.05) is 69.4 Å². The maximum atomic E-state index is 11.0. The van der Waals surface area contributed by atoms with Gasteiger partial charge in [0, 0.05) is 45.4 Å². The third-order valence-electron chi connectivity index (χ3n) is 4.60. The molecule has 0 amide bonds. The summed E-state index contributed by atoms with van der Waals surface area (Å²) in [6, 6.07) is 1.88. The number of hydrogen-bond acceptors (Lipinski definition) is 10. The number of carbonyl (C=O) groups is 1. The van der Waals surface area contributed by atoms with Gasteiger partial charge < -0.3 is 24.8 Å². The van der Waals surface area contributed by atoms with Crippen molar-refractivity contribution in [2.24, 2.45) is 0 Å². The fourth-order valence-electron chi connectivity index (χ4n) is 3.08. The number of aryl methyl sites for hydroxylation is 1. The SMILES string of the molecule is CCOCCOCCN1CCN(c2cc(Nc3ncc(C(=O)O)s3)nc(C)n2)CC1. The highest BCUT2D eigenvalue weighted by atomic mass is 32.1. The maximum absolute atomic E-state index is 11.0.